The van der Waals surface area contributed by atoms with Gasteiger partial charge in [-0.05, 0) is 42.7 Å². The van der Waals surface area contributed by atoms with Gasteiger partial charge in [-0.1, -0.05) is 24.3 Å². The van der Waals surface area contributed by atoms with Gasteiger partial charge in [0.05, 0.1) is 11.1 Å². The largest absolute Gasteiger partial charge is 0.478 e. The number of aromatic carboxylic acids is 1. The van der Waals surface area contributed by atoms with Crippen LogP contribution in [0.5, 0.6) is 0 Å². The monoisotopic (exact) mass is 308 g/mol. The summed E-state index contributed by atoms with van der Waals surface area (Å²) < 4.78 is 0. The summed E-state index contributed by atoms with van der Waals surface area (Å²) in [6.45, 7) is 0. The second-order valence-electron chi connectivity index (χ2n) is 5.96. The molecule has 0 aromatic heterocycles. The van der Waals surface area contributed by atoms with E-state index < -0.39 is 5.97 Å². The molecule has 0 radical (unpaired) electrons. The summed E-state index contributed by atoms with van der Waals surface area (Å²) in [5.41, 5.74) is 2.65. The summed E-state index contributed by atoms with van der Waals surface area (Å²) in [5.74, 6) is -0.914. The first-order chi connectivity index (χ1) is 11.1. The SMILES string of the molecule is O=C(O)c1ccc([C@@H]2Nc3ccccc3C(=O)N2C2CC2)cc1. The number of hydrogen-bond donors (Lipinski definition) is 2. The summed E-state index contributed by atoms with van der Waals surface area (Å²) in [5, 5.41) is 12.4. The average molecular weight is 308 g/mol. The van der Waals surface area contributed by atoms with Crippen LogP contribution in [0.4, 0.5) is 5.69 Å². The van der Waals surface area contributed by atoms with Gasteiger partial charge in [0.2, 0.25) is 0 Å². The second-order valence-corrected chi connectivity index (χ2v) is 5.96. The van der Waals surface area contributed by atoms with Crippen LogP contribution in [0.25, 0.3) is 0 Å². The van der Waals surface area contributed by atoms with Crippen molar-refractivity contribution in [2.75, 3.05) is 5.32 Å². The van der Waals surface area contributed by atoms with Crippen LogP contribution in [0.2, 0.25) is 0 Å². The van der Waals surface area contributed by atoms with Gasteiger partial charge in [0.1, 0.15) is 6.17 Å². The Morgan fingerprint density at radius 2 is 1.78 bits per heavy atom. The highest BCUT2D eigenvalue weighted by Gasteiger charge is 2.41. The molecular weight excluding hydrogens is 292 g/mol. The summed E-state index contributed by atoms with van der Waals surface area (Å²) >= 11 is 0. The third-order valence-corrected chi connectivity index (χ3v) is 4.38. The Bertz CT molecular complexity index is 781. The number of hydrogen-bond acceptors (Lipinski definition) is 3. The maximum absolute atomic E-state index is 12.8. The van der Waals surface area contributed by atoms with Crippen LogP contribution >= 0.6 is 0 Å². The summed E-state index contributed by atoms with van der Waals surface area (Å²) in [6, 6.07) is 14.5. The molecule has 1 saturated carbocycles. The Kier molecular flexibility index (Phi) is 3.08. The first-order valence-electron chi connectivity index (χ1n) is 7.66. The third kappa shape index (κ3) is 2.34. The average Bonchev–Trinajstić information content (AvgIpc) is 3.39. The van der Waals surface area contributed by atoms with Crippen molar-refractivity contribution in [1.82, 2.24) is 4.90 Å². The van der Waals surface area contributed by atoms with E-state index in [1.54, 1.807) is 24.3 Å². The number of carbonyl (C=O) groups excluding carboxylic acids is 1. The molecule has 0 unspecified atom stereocenters. The molecule has 0 saturated heterocycles. The number of carbonyl (C=O) groups is 2. The van der Waals surface area contributed by atoms with E-state index in [-0.39, 0.29) is 23.7 Å². The molecule has 116 valence electrons. The standard InChI is InChI=1S/C18H16N2O3/c21-17-14-3-1-2-4-15(14)19-16(20(17)13-9-10-13)11-5-7-12(8-6-11)18(22)23/h1-8,13,16,19H,9-10H2,(H,22,23)/t16-/m1/s1. The summed E-state index contributed by atoms with van der Waals surface area (Å²) in [6.07, 6.45) is 1.77. The molecule has 2 aliphatic rings. The van der Waals surface area contributed by atoms with Gasteiger partial charge in [-0.15, -0.1) is 0 Å². The fourth-order valence-corrected chi connectivity index (χ4v) is 3.05. The molecule has 2 aromatic carbocycles. The minimum atomic E-state index is -0.950. The first-order valence-corrected chi connectivity index (χ1v) is 7.66. The van der Waals surface area contributed by atoms with Crippen molar-refractivity contribution in [3.63, 3.8) is 0 Å². The predicted molar refractivity (Wildman–Crippen MR) is 85.4 cm³/mol. The number of rotatable bonds is 3. The molecule has 1 atom stereocenters. The number of amides is 1. The van der Waals surface area contributed by atoms with Crippen molar-refractivity contribution >= 4 is 17.6 Å². The van der Waals surface area contributed by atoms with Gasteiger partial charge in [-0.2, -0.15) is 0 Å². The van der Waals surface area contributed by atoms with Gasteiger partial charge in [-0.3, -0.25) is 4.79 Å². The van der Waals surface area contributed by atoms with Crippen molar-refractivity contribution < 1.29 is 14.7 Å². The molecule has 1 heterocycles. The smallest absolute Gasteiger partial charge is 0.335 e. The molecule has 23 heavy (non-hydrogen) atoms. The molecular formula is C18H16N2O3. The van der Waals surface area contributed by atoms with Gasteiger partial charge in [0.25, 0.3) is 5.91 Å². The molecule has 5 nitrogen and oxygen atoms in total. The number of carboxylic acid groups (broad SMARTS) is 1. The van der Waals surface area contributed by atoms with E-state index in [1.165, 1.54) is 0 Å². The fourth-order valence-electron chi connectivity index (χ4n) is 3.05. The van der Waals surface area contributed by atoms with E-state index in [0.29, 0.717) is 5.56 Å². The van der Waals surface area contributed by atoms with Crippen LogP contribution in [0.3, 0.4) is 0 Å². The fraction of sp³-hybridized carbons (Fsp3) is 0.222. The Morgan fingerprint density at radius 1 is 1.09 bits per heavy atom. The zero-order valence-electron chi connectivity index (χ0n) is 12.4. The lowest BCUT2D eigenvalue weighted by Crippen LogP contribution is -2.44. The molecule has 5 heteroatoms. The second kappa shape index (κ2) is 5.12. The zero-order chi connectivity index (χ0) is 16.0. The number of benzene rings is 2. The quantitative estimate of drug-likeness (QED) is 0.914. The molecule has 2 N–H and O–H groups in total. The Hall–Kier alpha value is -2.82. The van der Waals surface area contributed by atoms with Crippen molar-refractivity contribution in [3.05, 3.63) is 65.2 Å². The van der Waals surface area contributed by atoms with Crippen LogP contribution < -0.4 is 5.32 Å². The number of carboxylic acids is 1. The van der Waals surface area contributed by atoms with Crippen LogP contribution in [-0.2, 0) is 0 Å². The van der Waals surface area contributed by atoms with Gasteiger partial charge < -0.3 is 15.3 Å². The number of anilines is 1. The number of para-hydroxylation sites is 1. The van der Waals surface area contributed by atoms with Gasteiger partial charge in [-0.25, -0.2) is 4.79 Å². The first kappa shape index (κ1) is 13.8. The normalized spacial score (nSPS) is 19.9. The van der Waals surface area contributed by atoms with Gasteiger partial charge in [0, 0.05) is 11.7 Å². The maximum atomic E-state index is 12.8. The zero-order valence-corrected chi connectivity index (χ0v) is 12.4. The lowest BCUT2D eigenvalue weighted by atomic mass is 10.0. The lowest BCUT2D eigenvalue weighted by molar-refractivity contribution is 0.0661. The van der Waals surface area contributed by atoms with Crippen LogP contribution in [0.15, 0.2) is 48.5 Å². The Balaban J connectivity index is 1.74. The number of fused-ring (bicyclic) bond motifs is 1. The molecule has 1 fully saturated rings. The van der Waals surface area contributed by atoms with Crippen LogP contribution in [-0.4, -0.2) is 27.9 Å². The van der Waals surface area contributed by atoms with E-state index >= 15 is 0 Å². The molecule has 0 spiro atoms. The minimum absolute atomic E-state index is 0.0363. The topological polar surface area (TPSA) is 69.6 Å². The highest BCUT2D eigenvalue weighted by molar-refractivity contribution is 6.02. The Morgan fingerprint density at radius 3 is 2.43 bits per heavy atom. The van der Waals surface area contributed by atoms with Gasteiger partial charge >= 0.3 is 5.97 Å². The highest BCUT2D eigenvalue weighted by Crippen LogP contribution is 2.40. The molecule has 4 rings (SSSR count). The Labute approximate surface area is 133 Å². The number of nitrogens with zero attached hydrogens (tertiary/aromatic N) is 1. The van der Waals surface area contributed by atoms with Gasteiger partial charge in [0.15, 0.2) is 0 Å². The molecule has 1 aliphatic heterocycles. The van der Waals surface area contributed by atoms with E-state index in [1.807, 2.05) is 29.2 Å². The van der Waals surface area contributed by atoms with Crippen molar-refractivity contribution in [2.24, 2.45) is 0 Å². The third-order valence-electron chi connectivity index (χ3n) is 4.38. The van der Waals surface area contributed by atoms with Crippen molar-refractivity contribution in [3.8, 4) is 0 Å². The number of nitrogens with one attached hydrogen (secondary N) is 1. The lowest BCUT2D eigenvalue weighted by Gasteiger charge is -2.38. The van der Waals surface area contributed by atoms with E-state index in [0.717, 1.165) is 24.1 Å². The minimum Gasteiger partial charge on any atom is -0.478 e. The van der Waals surface area contributed by atoms with Crippen molar-refractivity contribution in [1.29, 1.82) is 0 Å². The molecule has 0 bridgehead atoms. The van der Waals surface area contributed by atoms with E-state index in [9.17, 15) is 9.59 Å². The molecule has 1 amide bonds. The van der Waals surface area contributed by atoms with E-state index in [2.05, 4.69) is 5.32 Å². The molecule has 1 aliphatic carbocycles. The van der Waals surface area contributed by atoms with E-state index in [4.69, 9.17) is 5.11 Å². The predicted octanol–water partition coefficient (Wildman–Crippen LogP) is 3.11. The van der Waals surface area contributed by atoms with Crippen LogP contribution in [0.1, 0.15) is 45.3 Å². The van der Waals surface area contributed by atoms with Crippen molar-refractivity contribution in [2.45, 2.75) is 25.0 Å². The summed E-state index contributed by atoms with van der Waals surface area (Å²) in [4.78, 5) is 25.7. The van der Waals surface area contributed by atoms with Crippen LogP contribution in [0, 0.1) is 0 Å². The summed E-state index contributed by atoms with van der Waals surface area (Å²) in [7, 11) is 0. The molecule has 2 aromatic rings. The highest BCUT2D eigenvalue weighted by atomic mass is 16.4. The maximum Gasteiger partial charge on any atom is 0.335 e.